The Morgan fingerprint density at radius 3 is 2.79 bits per heavy atom. The molecule has 1 aliphatic rings. The van der Waals surface area contributed by atoms with E-state index in [0.717, 1.165) is 36.9 Å². The van der Waals surface area contributed by atoms with Gasteiger partial charge in [-0.15, -0.1) is 0 Å². The van der Waals surface area contributed by atoms with Gasteiger partial charge in [0.2, 0.25) is 10.0 Å². The number of hydrogen-bond acceptors (Lipinski definition) is 5. The topological polar surface area (TPSA) is 89.8 Å². The highest BCUT2D eigenvalue weighted by atomic mass is 32.2. The molecule has 0 amide bonds. The molecule has 1 N–H and O–H groups in total. The fourth-order valence-electron chi connectivity index (χ4n) is 3.53. The van der Waals surface area contributed by atoms with Crippen molar-refractivity contribution in [2.24, 2.45) is 0 Å². The third kappa shape index (κ3) is 4.65. The van der Waals surface area contributed by atoms with Gasteiger partial charge in [0.05, 0.1) is 17.0 Å². The number of esters is 1. The first-order chi connectivity index (χ1) is 14.0. The van der Waals surface area contributed by atoms with E-state index in [1.807, 2.05) is 34.9 Å². The van der Waals surface area contributed by atoms with Crippen molar-refractivity contribution in [1.82, 2.24) is 14.1 Å². The summed E-state index contributed by atoms with van der Waals surface area (Å²) in [6, 6.07) is 10.9. The van der Waals surface area contributed by atoms with Crippen LogP contribution in [-0.4, -0.2) is 30.3 Å². The first-order valence-corrected chi connectivity index (χ1v) is 11.2. The zero-order chi connectivity index (χ0) is 20.3. The standard InChI is InChI=1S/C21H23N3O4S/c25-21(28-15-18-14-24-12-4-3-7-20(24)23-18)10-11-22-29(26,27)19-9-8-16-5-1-2-6-17(16)13-19/h3-4,7-9,12-14,22H,1-2,5-6,10-11,15H2. The van der Waals surface area contributed by atoms with Gasteiger partial charge in [-0.2, -0.15) is 0 Å². The van der Waals surface area contributed by atoms with Crippen LogP contribution in [0.4, 0.5) is 0 Å². The smallest absolute Gasteiger partial charge is 0.307 e. The Bertz CT molecular complexity index is 1100. The van der Waals surface area contributed by atoms with Crippen LogP contribution < -0.4 is 4.72 Å². The van der Waals surface area contributed by atoms with Crippen molar-refractivity contribution in [3.8, 4) is 0 Å². The molecule has 2 heterocycles. The van der Waals surface area contributed by atoms with E-state index in [-0.39, 0.29) is 24.5 Å². The monoisotopic (exact) mass is 413 g/mol. The van der Waals surface area contributed by atoms with Gasteiger partial charge in [0, 0.05) is 18.9 Å². The van der Waals surface area contributed by atoms with Gasteiger partial charge in [0.1, 0.15) is 12.3 Å². The van der Waals surface area contributed by atoms with Crippen molar-refractivity contribution in [2.45, 2.75) is 43.6 Å². The predicted molar refractivity (Wildman–Crippen MR) is 108 cm³/mol. The van der Waals surface area contributed by atoms with E-state index in [1.54, 1.807) is 18.3 Å². The lowest BCUT2D eigenvalue weighted by Gasteiger charge is -2.16. The molecule has 7 nitrogen and oxygen atoms in total. The molecule has 1 aromatic carbocycles. The number of ether oxygens (including phenoxy) is 1. The average Bonchev–Trinajstić information content (AvgIpc) is 3.15. The van der Waals surface area contributed by atoms with E-state index >= 15 is 0 Å². The summed E-state index contributed by atoms with van der Waals surface area (Å²) in [5.41, 5.74) is 3.74. The summed E-state index contributed by atoms with van der Waals surface area (Å²) >= 11 is 0. The summed E-state index contributed by atoms with van der Waals surface area (Å²) in [5.74, 6) is -0.477. The van der Waals surface area contributed by atoms with Gasteiger partial charge in [0.15, 0.2) is 0 Å². The zero-order valence-corrected chi connectivity index (χ0v) is 16.8. The third-order valence-electron chi connectivity index (χ3n) is 5.05. The maximum absolute atomic E-state index is 12.5. The molecule has 2 aromatic heterocycles. The predicted octanol–water partition coefficient (Wildman–Crippen LogP) is 2.62. The van der Waals surface area contributed by atoms with Crippen molar-refractivity contribution < 1.29 is 17.9 Å². The summed E-state index contributed by atoms with van der Waals surface area (Å²) in [6.45, 7) is 0.0432. The molecule has 0 radical (unpaired) electrons. The second-order valence-corrected chi connectivity index (χ2v) is 8.91. The Morgan fingerprint density at radius 2 is 1.97 bits per heavy atom. The van der Waals surface area contributed by atoms with Gasteiger partial charge >= 0.3 is 5.97 Å². The Kier molecular flexibility index (Phi) is 5.64. The Labute approximate surface area is 169 Å². The van der Waals surface area contributed by atoms with Crippen LogP contribution in [0.25, 0.3) is 5.65 Å². The van der Waals surface area contributed by atoms with E-state index in [2.05, 4.69) is 9.71 Å². The largest absolute Gasteiger partial charge is 0.459 e. The van der Waals surface area contributed by atoms with E-state index in [0.29, 0.717) is 5.69 Å². The van der Waals surface area contributed by atoms with E-state index in [1.165, 1.54) is 5.56 Å². The molecule has 3 aromatic rings. The first-order valence-electron chi connectivity index (χ1n) is 9.71. The molecular formula is C21H23N3O4S. The number of pyridine rings is 1. The van der Waals surface area contributed by atoms with Crippen molar-refractivity contribution in [3.63, 3.8) is 0 Å². The molecule has 0 atom stereocenters. The molecule has 152 valence electrons. The summed E-state index contributed by atoms with van der Waals surface area (Å²) in [7, 11) is -3.65. The van der Waals surface area contributed by atoms with Gasteiger partial charge in [0.25, 0.3) is 0 Å². The molecule has 1 aliphatic carbocycles. The highest BCUT2D eigenvalue weighted by Crippen LogP contribution is 2.24. The lowest BCUT2D eigenvalue weighted by Crippen LogP contribution is -2.27. The number of benzene rings is 1. The normalized spacial score (nSPS) is 13.9. The van der Waals surface area contributed by atoms with Gasteiger partial charge in [-0.3, -0.25) is 4.79 Å². The van der Waals surface area contributed by atoms with Crippen LogP contribution in [0.15, 0.2) is 53.7 Å². The second-order valence-electron chi connectivity index (χ2n) is 7.14. The molecule has 0 fully saturated rings. The summed E-state index contributed by atoms with van der Waals surface area (Å²) in [5, 5.41) is 0. The van der Waals surface area contributed by atoms with E-state index in [9.17, 15) is 13.2 Å². The second kappa shape index (κ2) is 8.34. The molecule has 8 heteroatoms. The quantitative estimate of drug-likeness (QED) is 0.602. The van der Waals surface area contributed by atoms with Crippen LogP contribution in [0.5, 0.6) is 0 Å². The third-order valence-corrected chi connectivity index (χ3v) is 6.51. The van der Waals surface area contributed by atoms with Crippen molar-refractivity contribution in [3.05, 3.63) is 65.6 Å². The van der Waals surface area contributed by atoms with E-state index < -0.39 is 16.0 Å². The molecule has 4 rings (SSSR count). The Hall–Kier alpha value is -2.71. The number of aryl methyl sites for hydroxylation is 2. The number of aromatic nitrogens is 2. The lowest BCUT2D eigenvalue weighted by molar-refractivity contribution is -0.144. The highest BCUT2D eigenvalue weighted by molar-refractivity contribution is 7.89. The lowest BCUT2D eigenvalue weighted by atomic mass is 9.92. The number of nitrogens with zero attached hydrogens (tertiary/aromatic N) is 2. The summed E-state index contributed by atoms with van der Waals surface area (Å²) < 4.78 is 34.5. The van der Waals surface area contributed by atoms with Crippen LogP contribution in [0.2, 0.25) is 0 Å². The Balaban J connectivity index is 1.28. The number of sulfonamides is 1. The number of carbonyl (C=O) groups is 1. The van der Waals surface area contributed by atoms with Crippen LogP contribution in [-0.2, 0) is 39.0 Å². The molecule has 0 saturated heterocycles. The number of carbonyl (C=O) groups excluding carboxylic acids is 1. The Morgan fingerprint density at radius 1 is 1.14 bits per heavy atom. The minimum atomic E-state index is -3.65. The van der Waals surface area contributed by atoms with Crippen LogP contribution in [0.1, 0.15) is 36.1 Å². The maximum Gasteiger partial charge on any atom is 0.307 e. The highest BCUT2D eigenvalue weighted by Gasteiger charge is 2.18. The molecule has 0 spiro atoms. The van der Waals surface area contributed by atoms with Crippen LogP contribution in [0.3, 0.4) is 0 Å². The molecule has 0 unspecified atom stereocenters. The minimum absolute atomic E-state index is 0.0105. The number of hydrogen-bond donors (Lipinski definition) is 1. The fourth-order valence-corrected chi connectivity index (χ4v) is 4.61. The first kappa shape index (κ1) is 19.6. The van der Waals surface area contributed by atoms with Gasteiger partial charge in [-0.1, -0.05) is 12.1 Å². The molecule has 0 aliphatic heterocycles. The summed E-state index contributed by atoms with van der Waals surface area (Å²) in [4.78, 5) is 16.6. The van der Waals surface area contributed by atoms with Crippen molar-refractivity contribution in [2.75, 3.05) is 6.54 Å². The number of rotatable bonds is 7. The van der Waals surface area contributed by atoms with Gasteiger partial charge < -0.3 is 9.14 Å². The SMILES string of the molecule is O=C(CCNS(=O)(=O)c1ccc2c(c1)CCCC2)OCc1cn2ccccc2n1. The molecular weight excluding hydrogens is 390 g/mol. The number of nitrogens with one attached hydrogen (secondary N) is 1. The van der Waals surface area contributed by atoms with E-state index in [4.69, 9.17) is 4.74 Å². The molecule has 29 heavy (non-hydrogen) atoms. The molecule has 0 bridgehead atoms. The fraction of sp³-hybridized carbons (Fsp3) is 0.333. The number of imidazole rings is 1. The average molecular weight is 413 g/mol. The van der Waals surface area contributed by atoms with Crippen LogP contribution in [0, 0.1) is 0 Å². The minimum Gasteiger partial charge on any atom is -0.459 e. The number of fused-ring (bicyclic) bond motifs is 2. The maximum atomic E-state index is 12.5. The van der Waals surface area contributed by atoms with Crippen molar-refractivity contribution >= 4 is 21.6 Å². The van der Waals surface area contributed by atoms with Crippen molar-refractivity contribution in [1.29, 1.82) is 0 Å². The van der Waals surface area contributed by atoms with Gasteiger partial charge in [-0.05, 0) is 61.1 Å². The summed E-state index contributed by atoms with van der Waals surface area (Å²) in [6.07, 6.45) is 7.76. The van der Waals surface area contributed by atoms with Crippen LogP contribution >= 0.6 is 0 Å². The zero-order valence-electron chi connectivity index (χ0n) is 16.0. The van der Waals surface area contributed by atoms with Gasteiger partial charge in [-0.25, -0.2) is 18.1 Å². The molecule has 0 saturated carbocycles.